The molecule has 0 heterocycles. The first-order valence-corrected chi connectivity index (χ1v) is 11.3. The third-order valence-corrected chi connectivity index (χ3v) is 5.43. The maximum absolute atomic E-state index is 13.0. The van der Waals surface area contributed by atoms with Crippen LogP contribution in [-0.4, -0.2) is 36.0 Å². The molecule has 0 bridgehead atoms. The minimum atomic E-state index is -0.622. The Hall–Kier alpha value is -2.93. The number of hydrogen-bond donors (Lipinski definition) is 3. The van der Waals surface area contributed by atoms with Crippen molar-refractivity contribution in [1.82, 2.24) is 20.9 Å². The van der Waals surface area contributed by atoms with Gasteiger partial charge < -0.3 is 16.0 Å². The van der Waals surface area contributed by atoms with Gasteiger partial charge in [0.2, 0.25) is 5.91 Å². The van der Waals surface area contributed by atoms with E-state index in [4.69, 9.17) is 0 Å². The van der Waals surface area contributed by atoms with Crippen molar-refractivity contribution < 1.29 is 14.0 Å². The molecule has 2 aromatic rings. The standard InChI is InChI=1S/C25H35FN4O2/c1-4-9-23(29-25(32)28-16-19-12-14-22(26)15-13-19)24(31)27-17-20-10-7-8-11-21(20)18-30(5-2)6-3/h7-8,10-15,23H,4-6,9,16-18H2,1-3H3,(H,27,31)(H2,28,29,32). The lowest BCUT2D eigenvalue weighted by Gasteiger charge is -2.21. The van der Waals surface area contributed by atoms with Crippen LogP contribution in [0.2, 0.25) is 0 Å². The summed E-state index contributed by atoms with van der Waals surface area (Å²) in [6.07, 6.45) is 1.30. The van der Waals surface area contributed by atoms with Crippen molar-refractivity contribution in [3.8, 4) is 0 Å². The molecule has 0 aliphatic heterocycles. The van der Waals surface area contributed by atoms with Crippen LogP contribution in [-0.2, 0) is 24.4 Å². The normalized spacial score (nSPS) is 11.8. The summed E-state index contributed by atoms with van der Waals surface area (Å²) in [5.41, 5.74) is 3.04. The molecular formula is C25H35FN4O2. The summed E-state index contributed by atoms with van der Waals surface area (Å²) in [5.74, 6) is -0.530. The molecule has 0 spiro atoms. The first kappa shape index (κ1) is 25.3. The van der Waals surface area contributed by atoms with Gasteiger partial charge in [0.05, 0.1) is 0 Å². The summed E-state index contributed by atoms with van der Waals surface area (Å²) >= 11 is 0. The number of benzene rings is 2. The molecule has 6 nitrogen and oxygen atoms in total. The molecule has 0 radical (unpaired) electrons. The van der Waals surface area contributed by atoms with E-state index in [0.29, 0.717) is 13.0 Å². The zero-order valence-corrected chi connectivity index (χ0v) is 19.3. The Morgan fingerprint density at radius 3 is 2.19 bits per heavy atom. The van der Waals surface area contributed by atoms with Gasteiger partial charge in [-0.2, -0.15) is 0 Å². The highest BCUT2D eigenvalue weighted by molar-refractivity contribution is 5.87. The Morgan fingerprint density at radius 2 is 1.56 bits per heavy atom. The highest BCUT2D eigenvalue weighted by Gasteiger charge is 2.20. The van der Waals surface area contributed by atoms with Gasteiger partial charge in [-0.1, -0.05) is 63.6 Å². The summed E-state index contributed by atoms with van der Waals surface area (Å²) < 4.78 is 13.0. The number of urea groups is 1. The van der Waals surface area contributed by atoms with Gasteiger partial charge in [-0.15, -0.1) is 0 Å². The van der Waals surface area contributed by atoms with Gasteiger partial charge in [-0.3, -0.25) is 9.69 Å². The van der Waals surface area contributed by atoms with E-state index < -0.39 is 12.1 Å². The fraction of sp³-hybridized carbons (Fsp3) is 0.440. The maximum atomic E-state index is 13.0. The summed E-state index contributed by atoms with van der Waals surface area (Å²) in [5, 5.41) is 8.46. The fourth-order valence-corrected chi connectivity index (χ4v) is 3.43. The van der Waals surface area contributed by atoms with Gasteiger partial charge in [-0.25, -0.2) is 9.18 Å². The number of nitrogens with zero attached hydrogens (tertiary/aromatic N) is 1. The minimum Gasteiger partial charge on any atom is -0.350 e. The van der Waals surface area contributed by atoms with Crippen molar-refractivity contribution in [3.05, 3.63) is 71.0 Å². The monoisotopic (exact) mass is 442 g/mol. The van der Waals surface area contributed by atoms with Gasteiger partial charge >= 0.3 is 6.03 Å². The Bertz CT molecular complexity index is 853. The van der Waals surface area contributed by atoms with E-state index in [1.54, 1.807) is 12.1 Å². The van der Waals surface area contributed by atoms with Crippen molar-refractivity contribution in [3.63, 3.8) is 0 Å². The van der Waals surface area contributed by atoms with E-state index in [2.05, 4.69) is 40.8 Å². The van der Waals surface area contributed by atoms with E-state index in [0.717, 1.165) is 37.2 Å². The van der Waals surface area contributed by atoms with Crippen LogP contribution >= 0.6 is 0 Å². The summed E-state index contributed by atoms with van der Waals surface area (Å²) in [6, 6.07) is 13.0. The van der Waals surface area contributed by atoms with Crippen molar-refractivity contribution in [2.24, 2.45) is 0 Å². The second-order valence-electron chi connectivity index (χ2n) is 7.74. The van der Waals surface area contributed by atoms with Gasteiger partial charge in [0.25, 0.3) is 0 Å². The molecule has 32 heavy (non-hydrogen) atoms. The third-order valence-electron chi connectivity index (χ3n) is 5.43. The summed E-state index contributed by atoms with van der Waals surface area (Å²) in [4.78, 5) is 27.4. The average molecular weight is 443 g/mol. The van der Waals surface area contributed by atoms with Crippen LogP contribution in [0.3, 0.4) is 0 Å². The number of amides is 3. The van der Waals surface area contributed by atoms with Crippen LogP contribution in [0.1, 0.15) is 50.3 Å². The SMILES string of the molecule is CCCC(NC(=O)NCc1ccc(F)cc1)C(=O)NCc1ccccc1CN(CC)CC. The molecule has 0 aliphatic carbocycles. The zero-order valence-electron chi connectivity index (χ0n) is 19.3. The number of rotatable bonds is 12. The highest BCUT2D eigenvalue weighted by Crippen LogP contribution is 2.12. The number of hydrogen-bond acceptors (Lipinski definition) is 3. The molecule has 3 N–H and O–H groups in total. The number of nitrogens with one attached hydrogen (secondary N) is 3. The van der Waals surface area contributed by atoms with Crippen LogP contribution in [0.15, 0.2) is 48.5 Å². The van der Waals surface area contributed by atoms with Crippen LogP contribution in [0.4, 0.5) is 9.18 Å². The topological polar surface area (TPSA) is 73.5 Å². The summed E-state index contributed by atoms with van der Waals surface area (Å²) in [7, 11) is 0. The Balaban J connectivity index is 1.91. The first-order chi connectivity index (χ1) is 15.5. The van der Waals surface area contributed by atoms with Gasteiger partial charge in [-0.05, 0) is 48.3 Å². The smallest absolute Gasteiger partial charge is 0.315 e. The average Bonchev–Trinajstić information content (AvgIpc) is 2.81. The van der Waals surface area contributed by atoms with Crippen LogP contribution in [0.5, 0.6) is 0 Å². The largest absolute Gasteiger partial charge is 0.350 e. The first-order valence-electron chi connectivity index (χ1n) is 11.3. The Morgan fingerprint density at radius 1 is 0.906 bits per heavy atom. The molecule has 0 fully saturated rings. The van der Waals surface area contributed by atoms with Crippen molar-refractivity contribution in [2.75, 3.05) is 13.1 Å². The van der Waals surface area contributed by atoms with Crippen molar-refractivity contribution >= 4 is 11.9 Å². The second kappa shape index (κ2) is 13.5. The predicted octanol–water partition coefficient (Wildman–Crippen LogP) is 3.95. The molecule has 0 aliphatic rings. The van der Waals surface area contributed by atoms with E-state index in [9.17, 15) is 14.0 Å². The molecule has 1 atom stereocenters. The molecule has 0 saturated carbocycles. The maximum Gasteiger partial charge on any atom is 0.315 e. The number of carbonyl (C=O) groups is 2. The molecule has 174 valence electrons. The Kier molecular flexibility index (Phi) is 10.7. The van der Waals surface area contributed by atoms with Crippen molar-refractivity contribution in [1.29, 1.82) is 0 Å². The zero-order chi connectivity index (χ0) is 23.3. The number of carbonyl (C=O) groups excluding carboxylic acids is 2. The van der Waals surface area contributed by atoms with E-state index in [1.807, 2.05) is 25.1 Å². The molecule has 2 rings (SSSR count). The van der Waals surface area contributed by atoms with Crippen molar-refractivity contribution in [2.45, 2.75) is 59.3 Å². The molecule has 1 unspecified atom stereocenters. The molecule has 0 saturated heterocycles. The minimum absolute atomic E-state index is 0.207. The van der Waals surface area contributed by atoms with Gasteiger partial charge in [0.15, 0.2) is 0 Å². The van der Waals surface area contributed by atoms with Gasteiger partial charge in [0.1, 0.15) is 11.9 Å². The number of halogens is 1. The third kappa shape index (κ3) is 8.30. The lowest BCUT2D eigenvalue weighted by Crippen LogP contribution is -2.49. The highest BCUT2D eigenvalue weighted by atomic mass is 19.1. The van der Waals surface area contributed by atoms with E-state index in [1.165, 1.54) is 17.7 Å². The molecule has 0 aromatic heterocycles. The lowest BCUT2D eigenvalue weighted by molar-refractivity contribution is -0.123. The quantitative estimate of drug-likeness (QED) is 0.466. The molecule has 3 amide bonds. The fourth-order valence-electron chi connectivity index (χ4n) is 3.43. The molecule has 2 aromatic carbocycles. The molecule has 7 heteroatoms. The Labute approximate surface area is 190 Å². The van der Waals surface area contributed by atoms with Gasteiger partial charge in [0, 0.05) is 19.6 Å². The summed E-state index contributed by atoms with van der Waals surface area (Å²) in [6.45, 7) is 9.67. The van der Waals surface area contributed by atoms with Crippen LogP contribution < -0.4 is 16.0 Å². The van der Waals surface area contributed by atoms with Crippen LogP contribution in [0, 0.1) is 5.82 Å². The van der Waals surface area contributed by atoms with E-state index >= 15 is 0 Å². The predicted molar refractivity (Wildman–Crippen MR) is 125 cm³/mol. The lowest BCUT2D eigenvalue weighted by atomic mass is 10.1. The van der Waals surface area contributed by atoms with Crippen LogP contribution in [0.25, 0.3) is 0 Å². The molecular weight excluding hydrogens is 407 g/mol. The van der Waals surface area contributed by atoms with E-state index in [-0.39, 0.29) is 18.3 Å². The second-order valence-corrected chi connectivity index (χ2v) is 7.74.